The molecule has 2 aromatic heterocycles. The van der Waals surface area contributed by atoms with Crippen molar-refractivity contribution in [3.8, 4) is 5.69 Å². The largest absolute Gasteiger partial charge is 0.337 e. The van der Waals surface area contributed by atoms with Crippen molar-refractivity contribution in [3.63, 3.8) is 0 Å². The summed E-state index contributed by atoms with van der Waals surface area (Å²) < 4.78 is 1.99. The average molecular weight is 421 g/mol. The maximum atomic E-state index is 12.9. The van der Waals surface area contributed by atoms with Crippen molar-refractivity contribution in [3.05, 3.63) is 65.7 Å². The van der Waals surface area contributed by atoms with E-state index >= 15 is 0 Å². The molecule has 1 saturated heterocycles. The third-order valence-electron chi connectivity index (χ3n) is 5.84. The Morgan fingerprint density at radius 1 is 1.00 bits per heavy atom. The van der Waals surface area contributed by atoms with E-state index in [9.17, 15) is 4.79 Å². The van der Waals surface area contributed by atoms with Gasteiger partial charge in [0.15, 0.2) is 6.54 Å². The summed E-state index contributed by atoms with van der Waals surface area (Å²) in [5.41, 5.74) is 4.42. The summed E-state index contributed by atoms with van der Waals surface area (Å²) >= 11 is 0. The second-order valence-electron chi connectivity index (χ2n) is 8.12. The van der Waals surface area contributed by atoms with Crippen LogP contribution in [0.4, 0.5) is 5.95 Å². The first-order valence-corrected chi connectivity index (χ1v) is 10.7. The Hall–Kier alpha value is -3.26. The normalized spacial score (nSPS) is 15.2. The molecule has 1 N–H and O–H groups in total. The molecule has 8 heteroatoms. The van der Waals surface area contributed by atoms with Gasteiger partial charge in [-0.1, -0.05) is 18.2 Å². The molecule has 1 amide bonds. The maximum absolute atomic E-state index is 12.9. The fourth-order valence-corrected chi connectivity index (χ4v) is 4.10. The number of aryl methyl sites for hydroxylation is 1. The van der Waals surface area contributed by atoms with Crippen molar-refractivity contribution in [1.29, 1.82) is 0 Å². The topological polar surface area (TPSA) is 71.6 Å². The van der Waals surface area contributed by atoms with Crippen molar-refractivity contribution < 1.29 is 9.69 Å². The molecule has 1 aliphatic heterocycles. The Morgan fingerprint density at radius 2 is 1.68 bits per heavy atom. The first kappa shape index (κ1) is 21.0. The number of nitrogens with zero attached hydrogens (tertiary/aromatic N) is 6. The molecule has 0 spiro atoms. The van der Waals surface area contributed by atoms with E-state index in [1.807, 2.05) is 40.8 Å². The summed E-state index contributed by atoms with van der Waals surface area (Å²) in [5.74, 6) is 0.926. The minimum absolute atomic E-state index is 0.192. The predicted octanol–water partition coefficient (Wildman–Crippen LogP) is 0.643. The van der Waals surface area contributed by atoms with Crippen molar-refractivity contribution in [1.82, 2.24) is 24.6 Å². The summed E-state index contributed by atoms with van der Waals surface area (Å²) in [4.78, 5) is 26.7. The fourth-order valence-electron chi connectivity index (χ4n) is 4.10. The third kappa shape index (κ3) is 4.74. The Balaban J connectivity index is 1.34. The highest BCUT2D eigenvalue weighted by Gasteiger charge is 2.25. The molecule has 4 rings (SSSR count). The molecular formula is C23H30N7O+. The summed E-state index contributed by atoms with van der Waals surface area (Å²) in [6.07, 6.45) is 3.50. The van der Waals surface area contributed by atoms with Gasteiger partial charge < -0.3 is 14.7 Å². The molecule has 31 heavy (non-hydrogen) atoms. The average Bonchev–Trinajstić information content (AvgIpc) is 3.08. The van der Waals surface area contributed by atoms with Crippen molar-refractivity contribution in [2.45, 2.75) is 20.4 Å². The molecular weight excluding hydrogens is 390 g/mol. The number of amides is 1. The third-order valence-corrected chi connectivity index (χ3v) is 5.84. The van der Waals surface area contributed by atoms with Crippen molar-refractivity contribution in [2.24, 2.45) is 0 Å². The lowest BCUT2D eigenvalue weighted by Crippen LogP contribution is -3.09. The number of quaternary nitrogens is 1. The molecule has 162 valence electrons. The van der Waals surface area contributed by atoms with Gasteiger partial charge in [-0.2, -0.15) is 5.10 Å². The second-order valence-corrected chi connectivity index (χ2v) is 8.12. The number of piperazine rings is 1. The molecule has 8 nitrogen and oxygen atoms in total. The molecule has 0 radical (unpaired) electrons. The van der Waals surface area contributed by atoms with E-state index in [1.54, 1.807) is 12.4 Å². The van der Waals surface area contributed by atoms with Gasteiger partial charge in [0.2, 0.25) is 5.95 Å². The van der Waals surface area contributed by atoms with E-state index in [-0.39, 0.29) is 5.91 Å². The van der Waals surface area contributed by atoms with Gasteiger partial charge in [-0.25, -0.2) is 14.6 Å². The molecule has 1 aromatic carbocycles. The van der Waals surface area contributed by atoms with Gasteiger partial charge in [0.05, 0.1) is 29.7 Å². The number of aromatic nitrogens is 4. The van der Waals surface area contributed by atoms with Crippen molar-refractivity contribution >= 4 is 11.9 Å². The van der Waals surface area contributed by atoms with Gasteiger partial charge in [-0.05, 0) is 32.0 Å². The van der Waals surface area contributed by atoms with E-state index in [2.05, 4.69) is 41.0 Å². The van der Waals surface area contributed by atoms with Crippen LogP contribution in [0, 0.1) is 13.8 Å². The Morgan fingerprint density at radius 3 is 2.35 bits per heavy atom. The van der Waals surface area contributed by atoms with E-state index < -0.39 is 0 Å². The molecule has 0 bridgehead atoms. The number of rotatable bonds is 6. The highest BCUT2D eigenvalue weighted by Crippen LogP contribution is 2.17. The van der Waals surface area contributed by atoms with E-state index in [0.29, 0.717) is 19.6 Å². The van der Waals surface area contributed by atoms with Crippen LogP contribution in [0.3, 0.4) is 0 Å². The molecule has 0 aliphatic carbocycles. The Kier molecular flexibility index (Phi) is 6.27. The van der Waals surface area contributed by atoms with E-state index in [1.165, 1.54) is 5.56 Å². The molecule has 3 aromatic rings. The number of hydrogen-bond donors (Lipinski definition) is 1. The summed E-state index contributed by atoms with van der Waals surface area (Å²) in [6.45, 7) is 8.31. The first-order valence-electron chi connectivity index (χ1n) is 10.7. The first-order chi connectivity index (χ1) is 15.0. The van der Waals surface area contributed by atoms with Crippen LogP contribution in [0.25, 0.3) is 5.69 Å². The van der Waals surface area contributed by atoms with Gasteiger partial charge in [0, 0.05) is 38.6 Å². The molecule has 3 heterocycles. The number of nitrogens with one attached hydrogen (secondary N) is 1. The van der Waals surface area contributed by atoms with Crippen LogP contribution < -0.4 is 9.80 Å². The monoisotopic (exact) mass is 420 g/mol. The van der Waals surface area contributed by atoms with Crippen LogP contribution in [0.5, 0.6) is 0 Å². The van der Waals surface area contributed by atoms with Gasteiger partial charge in [-0.15, -0.1) is 0 Å². The lowest BCUT2D eigenvalue weighted by molar-refractivity contribution is -0.885. The quantitative estimate of drug-likeness (QED) is 0.634. The second kappa shape index (κ2) is 9.26. The Bertz CT molecular complexity index is 1010. The van der Waals surface area contributed by atoms with Crippen LogP contribution in [0.1, 0.15) is 17.0 Å². The standard InChI is InChI=1S/C23H29N7O/c1-18-21(19(2)30(26-18)20-8-5-4-6-9-20)16-27(3)17-22(31)28-12-14-29(15-13-28)23-24-10-7-11-25-23/h4-11H,12-17H2,1-3H3/p+1. The number of para-hydroxylation sites is 1. The summed E-state index contributed by atoms with van der Waals surface area (Å²) in [5, 5.41) is 4.73. The molecule has 1 atom stereocenters. The lowest BCUT2D eigenvalue weighted by Gasteiger charge is -2.34. The smallest absolute Gasteiger partial charge is 0.277 e. The molecule has 0 saturated carbocycles. The van der Waals surface area contributed by atoms with Crippen LogP contribution in [0.2, 0.25) is 0 Å². The molecule has 1 unspecified atom stereocenters. The SMILES string of the molecule is Cc1nn(-c2ccccc2)c(C)c1C[NH+](C)CC(=O)N1CCN(c2ncccn2)CC1. The van der Waals surface area contributed by atoms with Crippen molar-refractivity contribution in [2.75, 3.05) is 44.7 Å². The van der Waals surface area contributed by atoms with Crippen LogP contribution in [-0.2, 0) is 11.3 Å². The predicted molar refractivity (Wildman–Crippen MR) is 119 cm³/mol. The number of anilines is 1. The lowest BCUT2D eigenvalue weighted by atomic mass is 10.2. The van der Waals surface area contributed by atoms with E-state index in [0.717, 1.165) is 47.6 Å². The van der Waals surface area contributed by atoms with Crippen LogP contribution in [-0.4, -0.2) is 70.3 Å². The van der Waals surface area contributed by atoms with Crippen LogP contribution in [0.15, 0.2) is 48.8 Å². The zero-order valence-electron chi connectivity index (χ0n) is 18.5. The molecule has 1 fully saturated rings. The van der Waals surface area contributed by atoms with Crippen LogP contribution >= 0.6 is 0 Å². The minimum atomic E-state index is 0.192. The number of likely N-dealkylation sites (N-methyl/N-ethyl adjacent to an activating group) is 1. The molecule has 1 aliphatic rings. The van der Waals surface area contributed by atoms with Gasteiger partial charge in [0.25, 0.3) is 5.91 Å². The highest BCUT2D eigenvalue weighted by atomic mass is 16.2. The number of hydrogen-bond acceptors (Lipinski definition) is 5. The summed E-state index contributed by atoms with van der Waals surface area (Å²) in [6, 6.07) is 12.0. The zero-order chi connectivity index (χ0) is 21.8. The number of carbonyl (C=O) groups is 1. The van der Waals surface area contributed by atoms with Gasteiger partial charge in [0.1, 0.15) is 6.54 Å². The zero-order valence-corrected chi connectivity index (χ0v) is 18.5. The minimum Gasteiger partial charge on any atom is -0.337 e. The number of benzene rings is 1. The van der Waals surface area contributed by atoms with Gasteiger partial charge in [-0.3, -0.25) is 4.79 Å². The number of carbonyl (C=O) groups excluding carboxylic acids is 1. The Labute approximate surface area is 183 Å². The summed E-state index contributed by atoms with van der Waals surface area (Å²) in [7, 11) is 2.07. The van der Waals surface area contributed by atoms with E-state index in [4.69, 9.17) is 5.10 Å². The maximum Gasteiger partial charge on any atom is 0.277 e. The van der Waals surface area contributed by atoms with Gasteiger partial charge >= 0.3 is 0 Å². The fraction of sp³-hybridized carbons (Fsp3) is 0.391. The highest BCUT2D eigenvalue weighted by molar-refractivity contribution is 5.77.